The number of thioether (sulfide) groups is 1. The summed E-state index contributed by atoms with van der Waals surface area (Å²) in [5.41, 5.74) is 2.59. The summed E-state index contributed by atoms with van der Waals surface area (Å²) in [5.74, 6) is 1.48. The van der Waals surface area contributed by atoms with Gasteiger partial charge in [0, 0.05) is 17.3 Å². The normalized spacial score (nSPS) is 16.9. The van der Waals surface area contributed by atoms with E-state index in [2.05, 4.69) is 16.3 Å². The Bertz CT molecular complexity index is 813. The third-order valence-corrected chi connectivity index (χ3v) is 5.68. The zero-order valence-electron chi connectivity index (χ0n) is 12.0. The lowest BCUT2D eigenvalue weighted by atomic mass is 10.1. The molecule has 1 atom stereocenters. The van der Waals surface area contributed by atoms with Crippen molar-refractivity contribution in [2.45, 2.75) is 23.2 Å². The van der Waals surface area contributed by atoms with Gasteiger partial charge in [-0.05, 0) is 42.2 Å². The zero-order valence-corrected chi connectivity index (χ0v) is 13.6. The van der Waals surface area contributed by atoms with Crippen LogP contribution < -0.4 is 0 Å². The van der Waals surface area contributed by atoms with Crippen LogP contribution in [0.25, 0.3) is 11.6 Å². The second-order valence-electron chi connectivity index (χ2n) is 5.30. The Morgan fingerprint density at radius 2 is 2.18 bits per heavy atom. The number of nitrogens with zero attached hydrogens (tertiary/aromatic N) is 3. The minimum atomic E-state index is 0.376. The van der Waals surface area contributed by atoms with Gasteiger partial charge in [-0.15, -0.1) is 10.2 Å². The molecule has 4 rings (SSSR count). The molecule has 0 radical (unpaired) electrons. The van der Waals surface area contributed by atoms with Gasteiger partial charge in [-0.3, -0.25) is 0 Å². The van der Waals surface area contributed by atoms with Gasteiger partial charge in [0.05, 0.1) is 6.26 Å². The molecule has 3 aromatic rings. The summed E-state index contributed by atoms with van der Waals surface area (Å²) in [7, 11) is 1.97. The van der Waals surface area contributed by atoms with Crippen LogP contribution >= 0.6 is 23.4 Å². The number of aromatic nitrogens is 3. The molecular weight excluding hydrogens is 318 g/mol. The Balaban J connectivity index is 1.63. The Hall–Kier alpha value is -1.72. The summed E-state index contributed by atoms with van der Waals surface area (Å²) in [4.78, 5) is 0. The van der Waals surface area contributed by atoms with E-state index in [9.17, 15) is 0 Å². The highest BCUT2D eigenvalue weighted by atomic mass is 35.5. The van der Waals surface area contributed by atoms with Crippen LogP contribution in [0.4, 0.5) is 0 Å². The number of benzene rings is 1. The van der Waals surface area contributed by atoms with Crippen molar-refractivity contribution in [2.75, 3.05) is 0 Å². The van der Waals surface area contributed by atoms with Crippen molar-refractivity contribution in [3.63, 3.8) is 0 Å². The van der Waals surface area contributed by atoms with Crippen LogP contribution in [0.15, 0.2) is 46.2 Å². The average molecular weight is 332 g/mol. The van der Waals surface area contributed by atoms with E-state index in [0.29, 0.717) is 5.25 Å². The lowest BCUT2D eigenvalue weighted by Gasteiger charge is -2.10. The molecule has 0 aliphatic heterocycles. The summed E-state index contributed by atoms with van der Waals surface area (Å²) in [6.45, 7) is 0. The lowest BCUT2D eigenvalue weighted by molar-refractivity contribution is 0.572. The Morgan fingerprint density at radius 3 is 3.00 bits per heavy atom. The van der Waals surface area contributed by atoms with Crippen LogP contribution in [0.5, 0.6) is 0 Å². The van der Waals surface area contributed by atoms with Crippen molar-refractivity contribution < 1.29 is 4.42 Å². The van der Waals surface area contributed by atoms with Gasteiger partial charge in [0.1, 0.15) is 0 Å². The molecule has 1 aliphatic carbocycles. The molecule has 0 unspecified atom stereocenters. The number of hydrogen-bond acceptors (Lipinski definition) is 4. The van der Waals surface area contributed by atoms with Crippen LogP contribution in [-0.2, 0) is 13.5 Å². The second-order valence-corrected chi connectivity index (χ2v) is 6.87. The van der Waals surface area contributed by atoms with Gasteiger partial charge in [0.2, 0.25) is 0 Å². The van der Waals surface area contributed by atoms with Crippen molar-refractivity contribution >= 4 is 23.4 Å². The summed E-state index contributed by atoms with van der Waals surface area (Å²) in [6.07, 6.45) is 3.74. The SMILES string of the molecule is Cn1c(S[C@@H]2CCc3c(Cl)cccc32)nnc1-c1ccco1. The number of fused-ring (bicyclic) bond motifs is 1. The smallest absolute Gasteiger partial charge is 0.200 e. The summed E-state index contributed by atoms with van der Waals surface area (Å²) < 4.78 is 7.38. The van der Waals surface area contributed by atoms with Gasteiger partial charge >= 0.3 is 0 Å². The monoisotopic (exact) mass is 331 g/mol. The molecule has 22 heavy (non-hydrogen) atoms. The van der Waals surface area contributed by atoms with E-state index >= 15 is 0 Å². The van der Waals surface area contributed by atoms with Gasteiger partial charge in [0.25, 0.3) is 0 Å². The molecule has 6 heteroatoms. The maximum Gasteiger partial charge on any atom is 0.200 e. The molecule has 1 aromatic carbocycles. The Labute approximate surface area is 137 Å². The zero-order chi connectivity index (χ0) is 15.1. The summed E-state index contributed by atoms with van der Waals surface area (Å²) >= 11 is 8.02. The van der Waals surface area contributed by atoms with Gasteiger partial charge in [-0.2, -0.15) is 0 Å². The molecule has 2 heterocycles. The number of rotatable bonds is 3. The van der Waals surface area contributed by atoms with Crippen molar-refractivity contribution in [1.82, 2.24) is 14.8 Å². The molecule has 0 spiro atoms. The average Bonchev–Trinajstić information content (AvgIpc) is 3.22. The first-order chi connectivity index (χ1) is 10.7. The Kier molecular flexibility index (Phi) is 3.47. The topological polar surface area (TPSA) is 43.9 Å². The van der Waals surface area contributed by atoms with Gasteiger partial charge in [0.15, 0.2) is 16.7 Å². The second kappa shape index (κ2) is 5.48. The molecule has 2 aromatic heterocycles. The van der Waals surface area contributed by atoms with Gasteiger partial charge in [-0.1, -0.05) is 35.5 Å². The van der Waals surface area contributed by atoms with Crippen molar-refractivity contribution in [3.05, 3.63) is 52.7 Å². The molecule has 112 valence electrons. The van der Waals surface area contributed by atoms with E-state index in [-0.39, 0.29) is 0 Å². The Morgan fingerprint density at radius 1 is 1.27 bits per heavy atom. The maximum atomic E-state index is 6.29. The largest absolute Gasteiger partial charge is 0.461 e. The van der Waals surface area contributed by atoms with Crippen molar-refractivity contribution in [3.8, 4) is 11.6 Å². The van der Waals surface area contributed by atoms with Crippen LogP contribution in [0.2, 0.25) is 5.02 Å². The minimum Gasteiger partial charge on any atom is -0.461 e. The predicted octanol–water partition coefficient (Wildman–Crippen LogP) is 4.51. The van der Waals surface area contributed by atoms with Crippen LogP contribution in [0, 0.1) is 0 Å². The van der Waals surface area contributed by atoms with E-state index < -0.39 is 0 Å². The lowest BCUT2D eigenvalue weighted by Crippen LogP contribution is -1.96. The third kappa shape index (κ3) is 2.25. The highest BCUT2D eigenvalue weighted by Gasteiger charge is 2.27. The predicted molar refractivity (Wildman–Crippen MR) is 87.1 cm³/mol. The fourth-order valence-electron chi connectivity index (χ4n) is 2.86. The van der Waals surface area contributed by atoms with Crippen LogP contribution in [0.1, 0.15) is 22.8 Å². The van der Waals surface area contributed by atoms with Crippen LogP contribution in [0.3, 0.4) is 0 Å². The molecule has 0 fully saturated rings. The first-order valence-corrected chi connectivity index (χ1v) is 8.37. The number of halogens is 1. The number of hydrogen-bond donors (Lipinski definition) is 0. The molecule has 0 saturated carbocycles. The van der Waals surface area contributed by atoms with E-state index in [0.717, 1.165) is 34.6 Å². The molecule has 0 N–H and O–H groups in total. The summed E-state index contributed by atoms with van der Waals surface area (Å²) in [6, 6.07) is 9.89. The molecule has 0 saturated heterocycles. The first kappa shape index (κ1) is 13.9. The van der Waals surface area contributed by atoms with Gasteiger partial charge < -0.3 is 8.98 Å². The quantitative estimate of drug-likeness (QED) is 0.708. The van der Waals surface area contributed by atoms with Crippen molar-refractivity contribution in [2.24, 2.45) is 7.05 Å². The van der Waals surface area contributed by atoms with E-state index in [1.165, 1.54) is 11.1 Å². The van der Waals surface area contributed by atoms with E-state index in [1.54, 1.807) is 18.0 Å². The van der Waals surface area contributed by atoms with E-state index in [4.69, 9.17) is 16.0 Å². The third-order valence-electron chi connectivity index (χ3n) is 3.98. The molecule has 0 bridgehead atoms. The first-order valence-electron chi connectivity index (χ1n) is 7.11. The fourth-order valence-corrected chi connectivity index (χ4v) is 4.31. The molecule has 1 aliphatic rings. The highest BCUT2D eigenvalue weighted by molar-refractivity contribution is 7.99. The standard InChI is InChI=1S/C16H14ClN3OS/c1-20-15(13-6-3-9-21-13)18-19-16(20)22-14-8-7-10-11(14)4-2-5-12(10)17/h2-6,9,14H,7-8H2,1H3/t14-/m1/s1. The molecule has 4 nitrogen and oxygen atoms in total. The molecular formula is C16H14ClN3OS. The highest BCUT2D eigenvalue weighted by Crippen LogP contribution is 2.46. The van der Waals surface area contributed by atoms with Crippen LogP contribution in [-0.4, -0.2) is 14.8 Å². The fraction of sp³-hybridized carbons (Fsp3) is 0.250. The minimum absolute atomic E-state index is 0.376. The maximum absolute atomic E-state index is 6.29. The van der Waals surface area contributed by atoms with Crippen molar-refractivity contribution in [1.29, 1.82) is 0 Å². The number of furan rings is 1. The molecule has 0 amide bonds. The van der Waals surface area contributed by atoms with Gasteiger partial charge in [-0.25, -0.2) is 0 Å². The summed E-state index contributed by atoms with van der Waals surface area (Å²) in [5, 5.41) is 10.7. The van der Waals surface area contributed by atoms with E-state index in [1.807, 2.05) is 35.9 Å².